The maximum atomic E-state index is 10.4. The summed E-state index contributed by atoms with van der Waals surface area (Å²) < 4.78 is 0. The van der Waals surface area contributed by atoms with Crippen molar-refractivity contribution in [1.29, 1.82) is 0 Å². The molecule has 0 aliphatic rings. The summed E-state index contributed by atoms with van der Waals surface area (Å²) in [5, 5.41) is 19.3. The number of hydrogen-bond acceptors (Lipinski definition) is 5. The molecular weight excluding hydrogens is 176 g/mol. The fourth-order valence-corrected chi connectivity index (χ4v) is 0.513. The fraction of sp³-hybridized carbons (Fsp3) is 0.875. The minimum absolute atomic E-state index is 0.622. The van der Waals surface area contributed by atoms with E-state index in [9.17, 15) is 9.90 Å². The molecule has 0 aromatic rings. The molecule has 0 spiro atoms. The van der Waals surface area contributed by atoms with Gasteiger partial charge in [0, 0.05) is 0 Å². The molecule has 13 heavy (non-hydrogen) atoms. The van der Waals surface area contributed by atoms with Crippen LogP contribution in [0.2, 0.25) is 0 Å². The topological polar surface area (TPSA) is 78.8 Å². The summed E-state index contributed by atoms with van der Waals surface area (Å²) in [5.74, 6) is -1.50. The largest absolute Gasteiger partial charge is 0.547 e. The average molecular weight is 191 g/mol. The first kappa shape index (κ1) is 12.3. The number of aliphatic carboxylic acids is 1. The molecule has 2 atom stereocenters. The van der Waals surface area contributed by atoms with Crippen molar-refractivity contribution in [3.63, 3.8) is 0 Å². The van der Waals surface area contributed by atoms with Gasteiger partial charge in [-0.2, -0.15) is 0 Å². The number of rotatable bonds is 4. The fourth-order valence-electron chi connectivity index (χ4n) is 0.513. The maximum Gasteiger partial charge on any atom is 0.158 e. The highest BCUT2D eigenvalue weighted by Crippen LogP contribution is 2.10. The van der Waals surface area contributed by atoms with E-state index in [1.54, 1.807) is 20.8 Å². The SMILES string of the molecule is CC(O)C(OOC(C)(C)C)C(=O)[O-]. The van der Waals surface area contributed by atoms with Gasteiger partial charge >= 0.3 is 0 Å². The van der Waals surface area contributed by atoms with Crippen molar-refractivity contribution in [3.8, 4) is 0 Å². The van der Waals surface area contributed by atoms with Crippen molar-refractivity contribution in [2.24, 2.45) is 0 Å². The number of hydrogen-bond donors (Lipinski definition) is 1. The Hall–Kier alpha value is -0.650. The number of carboxylic acids is 1. The first-order valence-electron chi connectivity index (χ1n) is 3.97. The van der Waals surface area contributed by atoms with E-state index in [4.69, 9.17) is 9.99 Å². The number of aliphatic hydroxyl groups is 1. The predicted molar refractivity (Wildman–Crippen MR) is 42.4 cm³/mol. The zero-order valence-electron chi connectivity index (χ0n) is 8.23. The van der Waals surface area contributed by atoms with Gasteiger partial charge in [-0.05, 0) is 27.7 Å². The summed E-state index contributed by atoms with van der Waals surface area (Å²) in [7, 11) is 0. The molecule has 5 heteroatoms. The van der Waals surface area contributed by atoms with E-state index in [1.165, 1.54) is 6.92 Å². The zero-order valence-corrected chi connectivity index (χ0v) is 8.23. The molecule has 0 saturated heterocycles. The summed E-state index contributed by atoms with van der Waals surface area (Å²) in [6.07, 6.45) is -2.63. The molecule has 0 aliphatic carbocycles. The van der Waals surface area contributed by atoms with Crippen LogP contribution < -0.4 is 5.11 Å². The van der Waals surface area contributed by atoms with Crippen LogP contribution in [-0.2, 0) is 14.6 Å². The molecule has 0 bridgehead atoms. The summed E-state index contributed by atoms with van der Waals surface area (Å²) >= 11 is 0. The molecule has 0 fully saturated rings. The Kier molecular flexibility index (Phi) is 4.32. The van der Waals surface area contributed by atoms with Crippen LogP contribution >= 0.6 is 0 Å². The van der Waals surface area contributed by atoms with Crippen molar-refractivity contribution >= 4 is 5.97 Å². The van der Waals surface area contributed by atoms with Crippen LogP contribution in [0.15, 0.2) is 0 Å². The lowest BCUT2D eigenvalue weighted by atomic mass is 10.2. The predicted octanol–water partition coefficient (Wildman–Crippen LogP) is -0.768. The lowest BCUT2D eigenvalue weighted by Crippen LogP contribution is -2.45. The van der Waals surface area contributed by atoms with Gasteiger partial charge in [0.05, 0.1) is 17.7 Å². The van der Waals surface area contributed by atoms with Gasteiger partial charge in [0.2, 0.25) is 0 Å². The molecular formula is C8H15O5-. The molecule has 0 aromatic heterocycles. The Morgan fingerprint density at radius 1 is 1.46 bits per heavy atom. The molecule has 2 unspecified atom stereocenters. The standard InChI is InChI=1S/C8H16O5/c1-5(9)6(7(10)11)12-13-8(2,3)4/h5-6,9H,1-4H3,(H,10,11)/p-1. The van der Waals surface area contributed by atoms with Gasteiger partial charge in [-0.25, -0.2) is 9.78 Å². The van der Waals surface area contributed by atoms with E-state index < -0.39 is 23.8 Å². The molecule has 0 rings (SSSR count). The molecule has 0 saturated carbocycles. The maximum absolute atomic E-state index is 10.4. The third-order valence-electron chi connectivity index (χ3n) is 1.07. The molecule has 0 amide bonds. The van der Waals surface area contributed by atoms with Crippen molar-refractivity contribution < 1.29 is 24.8 Å². The normalized spacial score (nSPS) is 16.7. The van der Waals surface area contributed by atoms with Crippen molar-refractivity contribution in [1.82, 2.24) is 0 Å². The number of carbonyl (C=O) groups excluding carboxylic acids is 1. The van der Waals surface area contributed by atoms with Gasteiger partial charge in [0.15, 0.2) is 6.10 Å². The molecule has 0 radical (unpaired) electrons. The Labute approximate surface area is 77.2 Å². The second kappa shape index (κ2) is 4.55. The monoisotopic (exact) mass is 191 g/mol. The molecule has 0 aliphatic heterocycles. The van der Waals surface area contributed by atoms with Crippen LogP contribution in [0.3, 0.4) is 0 Å². The number of aliphatic hydroxyl groups excluding tert-OH is 1. The van der Waals surface area contributed by atoms with Crippen LogP contribution in [0.1, 0.15) is 27.7 Å². The highest BCUT2D eigenvalue weighted by Gasteiger charge is 2.21. The summed E-state index contributed by atoms with van der Waals surface area (Å²) in [6.45, 7) is 6.37. The van der Waals surface area contributed by atoms with Crippen LogP contribution in [-0.4, -0.2) is 28.9 Å². The second-order valence-corrected chi connectivity index (χ2v) is 3.77. The Balaban J connectivity index is 4.06. The van der Waals surface area contributed by atoms with E-state index in [1.807, 2.05) is 0 Å². The van der Waals surface area contributed by atoms with E-state index in [-0.39, 0.29) is 0 Å². The van der Waals surface area contributed by atoms with Gasteiger partial charge in [-0.15, -0.1) is 0 Å². The highest BCUT2D eigenvalue weighted by molar-refractivity contribution is 5.70. The quantitative estimate of drug-likeness (QED) is 0.466. The molecule has 5 nitrogen and oxygen atoms in total. The van der Waals surface area contributed by atoms with Gasteiger partial charge in [0.1, 0.15) is 0 Å². The average Bonchev–Trinajstić information content (AvgIpc) is 1.82. The number of carboxylic acid groups (broad SMARTS) is 1. The van der Waals surface area contributed by atoms with Crippen molar-refractivity contribution in [2.75, 3.05) is 0 Å². The Bertz CT molecular complexity index is 170. The second-order valence-electron chi connectivity index (χ2n) is 3.77. The third-order valence-corrected chi connectivity index (χ3v) is 1.07. The van der Waals surface area contributed by atoms with Crippen molar-refractivity contribution in [2.45, 2.75) is 45.5 Å². The van der Waals surface area contributed by atoms with Crippen LogP contribution in [0.25, 0.3) is 0 Å². The summed E-state index contributed by atoms with van der Waals surface area (Å²) in [4.78, 5) is 19.6. The zero-order chi connectivity index (χ0) is 10.6. The van der Waals surface area contributed by atoms with E-state index >= 15 is 0 Å². The lowest BCUT2D eigenvalue weighted by molar-refractivity contribution is -0.399. The van der Waals surface area contributed by atoms with Crippen LogP contribution in [0.4, 0.5) is 0 Å². The molecule has 1 N–H and O–H groups in total. The minimum atomic E-state index is -1.50. The molecule has 78 valence electrons. The first-order valence-corrected chi connectivity index (χ1v) is 3.97. The Morgan fingerprint density at radius 3 is 2.15 bits per heavy atom. The smallest absolute Gasteiger partial charge is 0.158 e. The van der Waals surface area contributed by atoms with Crippen LogP contribution in [0.5, 0.6) is 0 Å². The van der Waals surface area contributed by atoms with Crippen LogP contribution in [0, 0.1) is 0 Å². The molecule has 0 heterocycles. The highest BCUT2D eigenvalue weighted by atomic mass is 17.2. The Morgan fingerprint density at radius 2 is 1.92 bits per heavy atom. The third kappa shape index (κ3) is 5.57. The first-order chi connectivity index (χ1) is 5.74. The summed E-state index contributed by atoms with van der Waals surface area (Å²) in [6, 6.07) is 0. The van der Waals surface area contributed by atoms with Gasteiger partial charge in [-0.3, -0.25) is 0 Å². The van der Waals surface area contributed by atoms with Gasteiger partial charge < -0.3 is 15.0 Å². The van der Waals surface area contributed by atoms with E-state index in [2.05, 4.69) is 4.89 Å². The lowest BCUT2D eigenvalue weighted by Gasteiger charge is -2.25. The van der Waals surface area contributed by atoms with E-state index in [0.717, 1.165) is 0 Å². The number of carbonyl (C=O) groups is 1. The van der Waals surface area contributed by atoms with Gasteiger partial charge in [-0.1, -0.05) is 0 Å². The van der Waals surface area contributed by atoms with E-state index in [0.29, 0.717) is 0 Å². The van der Waals surface area contributed by atoms with Gasteiger partial charge in [0.25, 0.3) is 0 Å². The minimum Gasteiger partial charge on any atom is -0.547 e. The molecule has 0 aromatic carbocycles. The van der Waals surface area contributed by atoms with Crippen molar-refractivity contribution in [3.05, 3.63) is 0 Å². The summed E-state index contributed by atoms with van der Waals surface area (Å²) in [5.41, 5.74) is -0.622.